The van der Waals surface area contributed by atoms with Gasteiger partial charge < -0.3 is 9.88 Å². The smallest absolute Gasteiger partial charge is 0.257 e. The van der Waals surface area contributed by atoms with Gasteiger partial charge in [-0.05, 0) is 39.3 Å². The van der Waals surface area contributed by atoms with Crippen molar-refractivity contribution in [1.82, 2.24) is 24.3 Å². The van der Waals surface area contributed by atoms with Gasteiger partial charge >= 0.3 is 0 Å². The number of carbonyl (C=O) groups excluding carboxylic acids is 1. The summed E-state index contributed by atoms with van der Waals surface area (Å²) in [5.74, 6) is 0.831. The van der Waals surface area contributed by atoms with E-state index in [2.05, 4.69) is 21.5 Å². The van der Waals surface area contributed by atoms with Crippen molar-refractivity contribution in [1.29, 1.82) is 5.26 Å². The summed E-state index contributed by atoms with van der Waals surface area (Å²) in [6.45, 7) is 7.96. The minimum absolute atomic E-state index is 0.0905. The molecule has 0 saturated heterocycles. The highest BCUT2D eigenvalue weighted by molar-refractivity contribution is 6.12. The van der Waals surface area contributed by atoms with Crippen molar-refractivity contribution in [3.8, 4) is 17.3 Å². The molecule has 1 aromatic carbocycles. The lowest BCUT2D eigenvalue weighted by atomic mass is 10.0. The maximum Gasteiger partial charge on any atom is 0.257 e. The first-order valence-electron chi connectivity index (χ1n) is 10.1. The lowest BCUT2D eigenvalue weighted by Crippen LogP contribution is -2.16. The number of benzene rings is 1. The lowest BCUT2D eigenvalue weighted by molar-refractivity contribution is 0.102. The summed E-state index contributed by atoms with van der Waals surface area (Å²) in [6, 6.07) is 11.9. The predicted molar refractivity (Wildman–Crippen MR) is 119 cm³/mol. The first-order chi connectivity index (χ1) is 14.9. The van der Waals surface area contributed by atoms with Gasteiger partial charge in [0.25, 0.3) is 5.91 Å². The number of anilines is 1. The molecule has 4 aromatic rings. The Labute approximate surface area is 180 Å². The van der Waals surface area contributed by atoms with Gasteiger partial charge in [0.05, 0.1) is 35.1 Å². The van der Waals surface area contributed by atoms with Crippen LogP contribution in [-0.2, 0) is 6.54 Å². The van der Waals surface area contributed by atoms with Gasteiger partial charge in [0.2, 0.25) is 0 Å². The minimum atomic E-state index is -0.301. The summed E-state index contributed by atoms with van der Waals surface area (Å²) in [5, 5.41) is 17.1. The van der Waals surface area contributed by atoms with E-state index in [0.29, 0.717) is 33.9 Å². The first-order valence-corrected chi connectivity index (χ1v) is 10.1. The molecule has 0 aliphatic carbocycles. The molecule has 0 aliphatic heterocycles. The first kappa shape index (κ1) is 20.3. The van der Waals surface area contributed by atoms with Crippen LogP contribution in [-0.4, -0.2) is 30.2 Å². The SMILES string of the molecule is Cc1ccccc1-c1cc(C(=O)Nc2cnc(C)n2CC#N)c2cnn(C(C)C)c2n1. The Morgan fingerprint density at radius 2 is 2.00 bits per heavy atom. The second-order valence-electron chi connectivity index (χ2n) is 7.68. The zero-order valence-corrected chi connectivity index (χ0v) is 17.9. The maximum absolute atomic E-state index is 13.3. The number of imidazole rings is 1. The molecule has 1 N–H and O–H groups in total. The van der Waals surface area contributed by atoms with Crippen LogP contribution in [0.15, 0.2) is 42.7 Å². The molecule has 0 bridgehead atoms. The van der Waals surface area contributed by atoms with Crippen LogP contribution >= 0.6 is 0 Å². The van der Waals surface area contributed by atoms with Gasteiger partial charge in [-0.15, -0.1) is 0 Å². The highest BCUT2D eigenvalue weighted by atomic mass is 16.1. The normalized spacial score (nSPS) is 11.1. The van der Waals surface area contributed by atoms with Gasteiger partial charge in [0, 0.05) is 11.6 Å². The van der Waals surface area contributed by atoms with E-state index in [-0.39, 0.29) is 18.5 Å². The number of nitrogens with one attached hydrogen (secondary N) is 1. The molecule has 0 spiro atoms. The summed E-state index contributed by atoms with van der Waals surface area (Å²) < 4.78 is 3.48. The molecule has 0 atom stereocenters. The number of aromatic nitrogens is 5. The van der Waals surface area contributed by atoms with E-state index in [4.69, 9.17) is 10.2 Å². The van der Waals surface area contributed by atoms with Crippen LogP contribution in [0.4, 0.5) is 5.82 Å². The molecular weight excluding hydrogens is 390 g/mol. The third-order valence-corrected chi connectivity index (χ3v) is 5.25. The highest BCUT2D eigenvalue weighted by Gasteiger charge is 2.20. The molecule has 0 aliphatic rings. The summed E-state index contributed by atoms with van der Waals surface area (Å²) in [4.78, 5) is 22.4. The summed E-state index contributed by atoms with van der Waals surface area (Å²) >= 11 is 0. The number of nitrogens with zero attached hydrogens (tertiary/aromatic N) is 6. The second-order valence-corrected chi connectivity index (χ2v) is 7.68. The van der Waals surface area contributed by atoms with Crippen molar-refractivity contribution in [2.45, 2.75) is 40.3 Å². The number of hydrogen-bond acceptors (Lipinski definition) is 5. The summed E-state index contributed by atoms with van der Waals surface area (Å²) in [7, 11) is 0. The molecule has 0 saturated carbocycles. The third-order valence-electron chi connectivity index (χ3n) is 5.25. The maximum atomic E-state index is 13.3. The van der Waals surface area contributed by atoms with E-state index in [1.807, 2.05) is 49.7 Å². The lowest BCUT2D eigenvalue weighted by Gasteiger charge is -2.12. The van der Waals surface area contributed by atoms with Crippen molar-refractivity contribution in [3.63, 3.8) is 0 Å². The summed E-state index contributed by atoms with van der Waals surface area (Å²) in [5.41, 5.74) is 3.86. The van der Waals surface area contributed by atoms with Crippen LogP contribution in [0.3, 0.4) is 0 Å². The molecule has 4 rings (SSSR count). The standard InChI is InChI=1S/C23H23N7O/c1-14(2)30-22-19(12-26-30)18(11-20(27-22)17-8-6-5-7-15(17)3)23(31)28-21-13-25-16(4)29(21)10-9-24/h5-8,11-14H,10H2,1-4H3,(H,28,31). The Morgan fingerprint density at radius 1 is 1.23 bits per heavy atom. The van der Waals surface area contributed by atoms with Crippen molar-refractivity contribution >= 4 is 22.8 Å². The monoisotopic (exact) mass is 413 g/mol. The van der Waals surface area contributed by atoms with Crippen LogP contribution in [0.2, 0.25) is 0 Å². The molecule has 0 unspecified atom stereocenters. The zero-order chi connectivity index (χ0) is 22.1. The number of carbonyl (C=O) groups is 1. The molecule has 1 amide bonds. The quantitative estimate of drug-likeness (QED) is 0.526. The van der Waals surface area contributed by atoms with E-state index < -0.39 is 0 Å². The van der Waals surface area contributed by atoms with Crippen molar-refractivity contribution in [2.75, 3.05) is 5.32 Å². The molecule has 31 heavy (non-hydrogen) atoms. The van der Waals surface area contributed by atoms with E-state index >= 15 is 0 Å². The Morgan fingerprint density at radius 3 is 2.71 bits per heavy atom. The van der Waals surface area contributed by atoms with Crippen LogP contribution in [0.5, 0.6) is 0 Å². The van der Waals surface area contributed by atoms with Crippen LogP contribution in [0, 0.1) is 25.2 Å². The van der Waals surface area contributed by atoms with Crippen LogP contribution < -0.4 is 5.32 Å². The number of pyridine rings is 1. The average molecular weight is 413 g/mol. The van der Waals surface area contributed by atoms with Gasteiger partial charge in [-0.2, -0.15) is 10.4 Å². The average Bonchev–Trinajstić information content (AvgIpc) is 3.32. The minimum Gasteiger partial charge on any atom is -0.307 e. The number of aryl methyl sites for hydroxylation is 2. The number of hydrogen-bond donors (Lipinski definition) is 1. The largest absolute Gasteiger partial charge is 0.307 e. The fourth-order valence-electron chi connectivity index (χ4n) is 3.60. The third kappa shape index (κ3) is 3.66. The molecule has 8 heteroatoms. The number of amides is 1. The van der Waals surface area contributed by atoms with E-state index in [1.165, 1.54) is 0 Å². The van der Waals surface area contributed by atoms with Gasteiger partial charge in [0.1, 0.15) is 18.2 Å². The fourth-order valence-corrected chi connectivity index (χ4v) is 3.60. The van der Waals surface area contributed by atoms with Gasteiger partial charge in [0.15, 0.2) is 5.65 Å². The van der Waals surface area contributed by atoms with Gasteiger partial charge in [-0.25, -0.2) is 14.6 Å². The second kappa shape index (κ2) is 8.03. The molecule has 0 fully saturated rings. The number of rotatable bonds is 5. The number of nitriles is 1. The molecular formula is C23H23N7O. The zero-order valence-electron chi connectivity index (χ0n) is 17.9. The Hall–Kier alpha value is -3.99. The summed E-state index contributed by atoms with van der Waals surface area (Å²) in [6.07, 6.45) is 3.24. The highest BCUT2D eigenvalue weighted by Crippen LogP contribution is 2.28. The molecule has 8 nitrogen and oxygen atoms in total. The van der Waals surface area contributed by atoms with Crippen LogP contribution in [0.1, 0.15) is 41.6 Å². The van der Waals surface area contributed by atoms with Gasteiger partial charge in [-0.3, -0.25) is 4.79 Å². The Kier molecular flexibility index (Phi) is 5.26. The number of fused-ring (bicyclic) bond motifs is 1. The van der Waals surface area contributed by atoms with Crippen molar-refractivity contribution < 1.29 is 4.79 Å². The van der Waals surface area contributed by atoms with Gasteiger partial charge in [-0.1, -0.05) is 24.3 Å². The van der Waals surface area contributed by atoms with Crippen LogP contribution in [0.25, 0.3) is 22.3 Å². The fraction of sp³-hybridized carbons (Fsp3) is 0.261. The van der Waals surface area contributed by atoms with Crippen molar-refractivity contribution in [2.24, 2.45) is 0 Å². The Bertz CT molecular complexity index is 1320. The molecule has 156 valence electrons. The van der Waals surface area contributed by atoms with E-state index in [0.717, 1.165) is 11.1 Å². The predicted octanol–water partition coefficient (Wildman–Crippen LogP) is 4.27. The van der Waals surface area contributed by atoms with Crippen molar-refractivity contribution in [3.05, 3.63) is 59.7 Å². The van der Waals surface area contributed by atoms with E-state index in [1.54, 1.807) is 30.0 Å². The topological polar surface area (TPSA) is 101 Å². The van der Waals surface area contributed by atoms with E-state index in [9.17, 15) is 4.79 Å². The molecule has 0 radical (unpaired) electrons. The molecule has 3 aromatic heterocycles. The molecule has 3 heterocycles. The Balaban J connectivity index is 1.86.